The third-order valence-electron chi connectivity index (χ3n) is 11.7. The number of carbonyl (C=O) groups excluding carboxylic acids is 2. The molecule has 10 atom stereocenters. The summed E-state index contributed by atoms with van der Waals surface area (Å²) in [6.45, 7) is 5.68. The van der Waals surface area contributed by atoms with Crippen LogP contribution in [0, 0.1) is 59.2 Å². The van der Waals surface area contributed by atoms with E-state index >= 15 is 0 Å². The Morgan fingerprint density at radius 1 is 0.459 bits per heavy atom. The van der Waals surface area contributed by atoms with Crippen LogP contribution in [0.3, 0.4) is 0 Å². The normalized spacial score (nSPS) is 45.8. The van der Waals surface area contributed by atoms with Crippen LogP contribution < -0.4 is 0 Å². The molecule has 1 saturated heterocycles. The van der Waals surface area contributed by atoms with Crippen molar-refractivity contribution in [3.05, 3.63) is 0 Å². The van der Waals surface area contributed by atoms with Gasteiger partial charge in [-0.05, 0) is 98.7 Å². The number of rotatable bonds is 2. The van der Waals surface area contributed by atoms with Gasteiger partial charge in [0, 0.05) is 38.0 Å². The molecule has 1 aliphatic heterocycles. The lowest BCUT2D eigenvalue weighted by molar-refractivity contribution is -0.141. The topological polar surface area (TPSA) is 68.3 Å². The summed E-state index contributed by atoms with van der Waals surface area (Å²) in [6, 6.07) is 0. The summed E-state index contributed by atoms with van der Waals surface area (Å²) < 4.78 is 17.8. The molecule has 1 heterocycles. The van der Waals surface area contributed by atoms with Crippen molar-refractivity contribution in [3.63, 3.8) is 0 Å². The first-order chi connectivity index (χ1) is 18.2. The number of hydrogen-bond acceptors (Lipinski definition) is 5. The first-order valence-electron chi connectivity index (χ1n) is 15.5. The molecule has 2 amide bonds. The van der Waals surface area contributed by atoms with Gasteiger partial charge in [0.25, 0.3) is 0 Å². The first-order valence-corrected chi connectivity index (χ1v) is 15.5. The van der Waals surface area contributed by atoms with Gasteiger partial charge in [-0.2, -0.15) is 0 Å². The zero-order valence-electron chi connectivity index (χ0n) is 22.4. The molecule has 0 aromatic heterocycles. The van der Waals surface area contributed by atoms with Crippen LogP contribution in [-0.2, 0) is 23.8 Å². The second-order valence-electron chi connectivity index (χ2n) is 13.5. The van der Waals surface area contributed by atoms with Crippen molar-refractivity contribution in [3.8, 4) is 0 Å². The van der Waals surface area contributed by atoms with Crippen molar-refractivity contribution in [2.24, 2.45) is 59.2 Å². The fourth-order valence-corrected chi connectivity index (χ4v) is 10.5. The van der Waals surface area contributed by atoms with Gasteiger partial charge in [0.1, 0.15) is 0 Å². The number of ether oxygens (including phenoxy) is 3. The van der Waals surface area contributed by atoms with Gasteiger partial charge in [0.05, 0.1) is 39.6 Å². The van der Waals surface area contributed by atoms with Gasteiger partial charge in [0.2, 0.25) is 11.8 Å². The summed E-state index contributed by atoms with van der Waals surface area (Å²) in [7, 11) is 0. The lowest BCUT2D eigenvalue weighted by Gasteiger charge is -2.35. The molecule has 9 rings (SSSR count). The van der Waals surface area contributed by atoms with Crippen LogP contribution in [0.1, 0.15) is 51.4 Å². The van der Waals surface area contributed by atoms with Crippen LogP contribution >= 0.6 is 0 Å². The van der Waals surface area contributed by atoms with Crippen LogP contribution in [0.25, 0.3) is 0 Å². The average molecular weight is 515 g/mol. The Morgan fingerprint density at radius 2 is 0.838 bits per heavy atom. The minimum absolute atomic E-state index is 0.221. The van der Waals surface area contributed by atoms with Gasteiger partial charge < -0.3 is 24.0 Å². The van der Waals surface area contributed by atoms with E-state index in [1.807, 2.05) is 9.80 Å². The quantitative estimate of drug-likeness (QED) is 0.567. The van der Waals surface area contributed by atoms with Gasteiger partial charge in [-0.15, -0.1) is 0 Å². The largest absolute Gasteiger partial charge is 0.378 e. The van der Waals surface area contributed by atoms with Crippen molar-refractivity contribution < 1.29 is 23.8 Å². The molecule has 9 aliphatic rings. The van der Waals surface area contributed by atoms with Crippen molar-refractivity contribution >= 4 is 11.8 Å². The highest BCUT2D eigenvalue weighted by molar-refractivity contribution is 5.81. The zero-order valence-corrected chi connectivity index (χ0v) is 22.4. The number of nitrogens with zero attached hydrogens (tertiary/aromatic N) is 2. The van der Waals surface area contributed by atoms with Crippen LogP contribution in [-0.4, -0.2) is 87.4 Å². The van der Waals surface area contributed by atoms with E-state index in [1.165, 1.54) is 51.4 Å². The second-order valence-corrected chi connectivity index (χ2v) is 13.5. The molecule has 7 heteroatoms. The van der Waals surface area contributed by atoms with Gasteiger partial charge in [0.15, 0.2) is 0 Å². The van der Waals surface area contributed by atoms with Crippen molar-refractivity contribution in [2.45, 2.75) is 51.4 Å². The Labute approximate surface area is 221 Å². The molecule has 7 nitrogen and oxygen atoms in total. The van der Waals surface area contributed by atoms with Crippen molar-refractivity contribution in [1.29, 1.82) is 0 Å². The summed E-state index contributed by atoms with van der Waals surface area (Å²) in [5.41, 5.74) is 0. The Hall–Kier alpha value is -1.18. The van der Waals surface area contributed by atoms with Crippen molar-refractivity contribution in [1.82, 2.24) is 9.80 Å². The number of carbonyl (C=O) groups is 2. The molecule has 9 fully saturated rings. The van der Waals surface area contributed by atoms with E-state index < -0.39 is 0 Å². The summed E-state index contributed by atoms with van der Waals surface area (Å²) in [4.78, 5) is 31.5. The van der Waals surface area contributed by atoms with Crippen LogP contribution in [0.15, 0.2) is 0 Å². The minimum atomic E-state index is 0.221. The molecular weight excluding hydrogens is 468 g/mol. The number of hydrogen-bond donors (Lipinski definition) is 0. The predicted molar refractivity (Wildman–Crippen MR) is 137 cm³/mol. The van der Waals surface area contributed by atoms with E-state index in [2.05, 4.69) is 0 Å². The smallest absolute Gasteiger partial charge is 0.226 e. The first kappa shape index (κ1) is 24.8. The van der Waals surface area contributed by atoms with Gasteiger partial charge in [-0.25, -0.2) is 0 Å². The molecule has 0 aromatic rings. The van der Waals surface area contributed by atoms with Gasteiger partial charge in [-0.1, -0.05) is 0 Å². The molecule has 0 spiro atoms. The lowest BCUT2D eigenvalue weighted by atomic mass is 9.75. The van der Waals surface area contributed by atoms with Crippen LogP contribution in [0.5, 0.6) is 0 Å². The van der Waals surface area contributed by atoms with E-state index in [0.29, 0.717) is 101 Å². The average Bonchev–Trinajstić information content (AvgIpc) is 3.51. The van der Waals surface area contributed by atoms with E-state index in [9.17, 15) is 9.59 Å². The molecule has 10 unspecified atom stereocenters. The fourth-order valence-electron chi connectivity index (χ4n) is 10.5. The SMILES string of the molecule is O=C(C1C2CC3CC(C2)C1C3)N1CCOCCOCCN(C(=O)C2C3CC4CC(C3)C2C4)CCOCC1. The standard InChI is InChI=1S/C30H46N2O5/c33-29(27-23-13-19-11-21(17-23)25(27)15-19)31-1-5-35-6-2-32(4-8-37-10-9-36-7-3-31)30(34)28-24-14-20-12-22(18-24)26(28)16-20/h19-28H,1-18H2. The number of amides is 2. The summed E-state index contributed by atoms with van der Waals surface area (Å²) in [5, 5.41) is 0. The van der Waals surface area contributed by atoms with Crippen LogP contribution in [0.4, 0.5) is 0 Å². The summed E-state index contributed by atoms with van der Waals surface area (Å²) in [5.74, 6) is 6.90. The third kappa shape index (κ3) is 4.65. The molecule has 8 bridgehead atoms. The van der Waals surface area contributed by atoms with Crippen LogP contribution in [0.2, 0.25) is 0 Å². The molecular formula is C30H46N2O5. The van der Waals surface area contributed by atoms with Gasteiger partial charge in [-0.3, -0.25) is 9.59 Å². The summed E-state index contributed by atoms with van der Waals surface area (Å²) in [6.07, 6.45) is 10.3. The Balaban J connectivity index is 0.964. The fraction of sp³-hybridized carbons (Fsp3) is 0.933. The highest BCUT2D eigenvalue weighted by atomic mass is 16.5. The maximum absolute atomic E-state index is 13.7. The maximum Gasteiger partial charge on any atom is 0.226 e. The molecule has 206 valence electrons. The van der Waals surface area contributed by atoms with Gasteiger partial charge >= 0.3 is 0 Å². The highest BCUT2D eigenvalue weighted by Crippen LogP contribution is 2.62. The Bertz CT molecular complexity index is 791. The Morgan fingerprint density at radius 3 is 1.24 bits per heavy atom. The lowest BCUT2D eigenvalue weighted by Crippen LogP contribution is -2.45. The van der Waals surface area contributed by atoms with E-state index in [-0.39, 0.29) is 11.8 Å². The van der Waals surface area contributed by atoms with Crippen molar-refractivity contribution in [2.75, 3.05) is 65.8 Å². The van der Waals surface area contributed by atoms with E-state index in [0.717, 1.165) is 23.7 Å². The van der Waals surface area contributed by atoms with E-state index in [4.69, 9.17) is 14.2 Å². The maximum atomic E-state index is 13.7. The molecule has 8 saturated carbocycles. The predicted octanol–water partition coefficient (Wildman–Crippen LogP) is 3.07. The summed E-state index contributed by atoms with van der Waals surface area (Å²) >= 11 is 0. The minimum Gasteiger partial charge on any atom is -0.378 e. The Kier molecular flexibility index (Phi) is 6.99. The molecule has 8 aliphatic carbocycles. The zero-order chi connectivity index (χ0) is 24.9. The molecule has 0 aromatic carbocycles. The molecule has 0 radical (unpaired) electrons. The molecule has 0 N–H and O–H groups in total. The second kappa shape index (κ2) is 10.4. The monoisotopic (exact) mass is 514 g/mol. The van der Waals surface area contributed by atoms with E-state index in [1.54, 1.807) is 0 Å². The highest BCUT2D eigenvalue weighted by Gasteiger charge is 2.57. The third-order valence-corrected chi connectivity index (χ3v) is 11.7. The molecule has 37 heavy (non-hydrogen) atoms.